The Morgan fingerprint density at radius 2 is 2.08 bits per heavy atom. The fourth-order valence-corrected chi connectivity index (χ4v) is 3.03. The third kappa shape index (κ3) is 3.72. The number of rotatable bonds is 5. The van der Waals surface area contributed by atoms with Crippen LogP contribution in [0.2, 0.25) is 0 Å². The molecular weight excluding hydrogens is 347 g/mol. The van der Waals surface area contributed by atoms with Crippen LogP contribution >= 0.6 is 0 Å². The molecule has 1 heterocycles. The molecule has 1 fully saturated rings. The van der Waals surface area contributed by atoms with Gasteiger partial charge in [0.1, 0.15) is 5.75 Å². The summed E-state index contributed by atoms with van der Waals surface area (Å²) in [5.41, 5.74) is -4.60. The lowest BCUT2D eigenvalue weighted by molar-refractivity contribution is -0.122. The monoisotopic (exact) mass is 363 g/mol. The number of alkyl halides is 3. The zero-order valence-electron chi connectivity index (χ0n) is 12.8. The molecule has 0 bridgehead atoms. The maximum Gasteiger partial charge on any atom is 0.534 e. The largest absolute Gasteiger partial charge is 0.534 e. The standard InChI is InChI=1S/C15H16F3NO4S/c1-3-4-11-8-12(19-14(11)20)10-5-6-13(9(2)7-10)23-24(21,22)15(16,17)18/h3,5-7,11-12H,1,4,8H2,2H3,(H,19,20)/t11-,12+/m0/s1. The van der Waals surface area contributed by atoms with Gasteiger partial charge in [-0.3, -0.25) is 4.79 Å². The van der Waals surface area contributed by atoms with Gasteiger partial charge in [-0.15, -0.1) is 6.58 Å². The molecular formula is C15H16F3NO4S. The molecule has 0 aromatic heterocycles. The molecule has 1 N–H and O–H groups in total. The SMILES string of the molecule is C=CC[C@H]1C[C@H](c2ccc(OS(=O)(=O)C(F)(F)F)c(C)c2)NC1=O. The number of hydrogen-bond acceptors (Lipinski definition) is 4. The summed E-state index contributed by atoms with van der Waals surface area (Å²) in [4.78, 5) is 11.8. The smallest absolute Gasteiger partial charge is 0.376 e. The van der Waals surface area contributed by atoms with Crippen molar-refractivity contribution in [3.63, 3.8) is 0 Å². The van der Waals surface area contributed by atoms with E-state index in [1.165, 1.54) is 19.1 Å². The van der Waals surface area contributed by atoms with Crippen LogP contribution in [0.1, 0.15) is 30.0 Å². The molecule has 1 aliphatic rings. The Hall–Kier alpha value is -2.03. The molecule has 2 atom stereocenters. The number of carbonyl (C=O) groups excluding carboxylic acids is 1. The molecule has 2 rings (SSSR count). The molecule has 24 heavy (non-hydrogen) atoms. The maximum absolute atomic E-state index is 12.4. The molecule has 5 nitrogen and oxygen atoms in total. The molecule has 1 aromatic carbocycles. The molecule has 1 amide bonds. The molecule has 0 radical (unpaired) electrons. The zero-order valence-corrected chi connectivity index (χ0v) is 13.6. The van der Waals surface area contributed by atoms with Gasteiger partial charge >= 0.3 is 15.6 Å². The quantitative estimate of drug-likeness (QED) is 0.496. The summed E-state index contributed by atoms with van der Waals surface area (Å²) < 4.78 is 63.4. The number of allylic oxidation sites excluding steroid dienone is 1. The van der Waals surface area contributed by atoms with Gasteiger partial charge in [0.15, 0.2) is 0 Å². The van der Waals surface area contributed by atoms with Crippen molar-refractivity contribution in [2.24, 2.45) is 5.92 Å². The van der Waals surface area contributed by atoms with Crippen LogP contribution in [-0.2, 0) is 14.9 Å². The van der Waals surface area contributed by atoms with E-state index in [2.05, 4.69) is 16.1 Å². The molecule has 0 aliphatic carbocycles. The third-order valence-corrected chi connectivity index (χ3v) is 4.71. The number of amides is 1. The van der Waals surface area contributed by atoms with Crippen LogP contribution in [0.4, 0.5) is 13.2 Å². The van der Waals surface area contributed by atoms with Crippen LogP contribution in [0.15, 0.2) is 30.9 Å². The van der Waals surface area contributed by atoms with E-state index in [9.17, 15) is 26.4 Å². The number of aryl methyl sites for hydroxylation is 1. The van der Waals surface area contributed by atoms with E-state index >= 15 is 0 Å². The number of halogens is 3. The molecule has 0 unspecified atom stereocenters. The first-order chi connectivity index (χ1) is 11.0. The number of nitrogens with one attached hydrogen (secondary N) is 1. The summed E-state index contributed by atoms with van der Waals surface area (Å²) >= 11 is 0. The second kappa shape index (κ2) is 6.46. The number of benzene rings is 1. The van der Waals surface area contributed by atoms with Gasteiger partial charge in [0.25, 0.3) is 0 Å². The van der Waals surface area contributed by atoms with Crippen LogP contribution in [0.3, 0.4) is 0 Å². The summed E-state index contributed by atoms with van der Waals surface area (Å²) in [6.07, 6.45) is 2.72. The summed E-state index contributed by atoms with van der Waals surface area (Å²) in [7, 11) is -5.71. The van der Waals surface area contributed by atoms with Crippen LogP contribution in [-0.4, -0.2) is 19.8 Å². The predicted molar refractivity (Wildman–Crippen MR) is 80.6 cm³/mol. The van der Waals surface area contributed by atoms with Crippen LogP contribution in [0, 0.1) is 12.8 Å². The lowest BCUT2D eigenvalue weighted by atomic mass is 9.96. The Labute approximate surface area is 137 Å². The highest BCUT2D eigenvalue weighted by Crippen LogP contribution is 2.34. The Kier molecular flexibility index (Phi) is 4.93. The lowest BCUT2D eigenvalue weighted by Crippen LogP contribution is -2.28. The normalized spacial score (nSPS) is 21.4. The highest BCUT2D eigenvalue weighted by Gasteiger charge is 2.48. The molecule has 1 aromatic rings. The first-order valence-corrected chi connectivity index (χ1v) is 8.48. The minimum atomic E-state index is -5.71. The van der Waals surface area contributed by atoms with Gasteiger partial charge in [-0.2, -0.15) is 21.6 Å². The fourth-order valence-electron chi connectivity index (χ4n) is 2.51. The lowest BCUT2D eigenvalue weighted by Gasteiger charge is -2.15. The van der Waals surface area contributed by atoms with Crippen molar-refractivity contribution in [3.05, 3.63) is 42.0 Å². The predicted octanol–water partition coefficient (Wildman–Crippen LogP) is 2.98. The van der Waals surface area contributed by atoms with Crippen molar-refractivity contribution in [1.82, 2.24) is 5.32 Å². The molecule has 1 saturated heterocycles. The third-order valence-electron chi connectivity index (χ3n) is 3.74. The Morgan fingerprint density at radius 1 is 1.42 bits per heavy atom. The molecule has 9 heteroatoms. The summed E-state index contributed by atoms with van der Waals surface area (Å²) in [6, 6.07) is 3.81. The van der Waals surface area contributed by atoms with Gasteiger partial charge < -0.3 is 9.50 Å². The van der Waals surface area contributed by atoms with Crippen molar-refractivity contribution in [2.45, 2.75) is 31.3 Å². The van der Waals surface area contributed by atoms with Crippen LogP contribution in [0.25, 0.3) is 0 Å². The highest BCUT2D eigenvalue weighted by molar-refractivity contribution is 7.88. The summed E-state index contributed by atoms with van der Waals surface area (Å²) in [6.45, 7) is 5.02. The second-order valence-corrected chi connectivity index (χ2v) is 7.06. The van der Waals surface area contributed by atoms with Gasteiger partial charge in [0, 0.05) is 5.92 Å². The van der Waals surface area contributed by atoms with E-state index in [-0.39, 0.29) is 23.4 Å². The first kappa shape index (κ1) is 18.3. The van der Waals surface area contributed by atoms with Crippen molar-refractivity contribution in [2.75, 3.05) is 0 Å². The van der Waals surface area contributed by atoms with E-state index in [0.717, 1.165) is 6.07 Å². The van der Waals surface area contributed by atoms with Crippen LogP contribution < -0.4 is 9.50 Å². The maximum atomic E-state index is 12.4. The Bertz CT molecular complexity index is 758. The molecule has 0 spiro atoms. The minimum absolute atomic E-state index is 0.113. The highest BCUT2D eigenvalue weighted by atomic mass is 32.2. The van der Waals surface area contributed by atoms with Crippen molar-refractivity contribution < 1.29 is 30.6 Å². The number of hydrogen-bond donors (Lipinski definition) is 1. The van der Waals surface area contributed by atoms with E-state index in [4.69, 9.17) is 0 Å². The van der Waals surface area contributed by atoms with Crippen molar-refractivity contribution in [3.8, 4) is 5.75 Å². The Morgan fingerprint density at radius 3 is 2.62 bits per heavy atom. The van der Waals surface area contributed by atoms with E-state index in [0.29, 0.717) is 18.4 Å². The van der Waals surface area contributed by atoms with Crippen LogP contribution in [0.5, 0.6) is 5.75 Å². The number of carbonyl (C=O) groups is 1. The van der Waals surface area contributed by atoms with Crippen molar-refractivity contribution >= 4 is 16.0 Å². The topological polar surface area (TPSA) is 72.5 Å². The summed E-state index contributed by atoms with van der Waals surface area (Å²) in [5, 5.41) is 2.80. The van der Waals surface area contributed by atoms with Crippen molar-refractivity contribution in [1.29, 1.82) is 0 Å². The van der Waals surface area contributed by atoms with E-state index < -0.39 is 21.4 Å². The van der Waals surface area contributed by atoms with Gasteiger partial charge in [-0.25, -0.2) is 0 Å². The fraction of sp³-hybridized carbons (Fsp3) is 0.400. The van der Waals surface area contributed by atoms with Gasteiger partial charge in [-0.05, 0) is 37.0 Å². The molecule has 132 valence electrons. The average Bonchev–Trinajstić information content (AvgIpc) is 2.81. The Balaban J connectivity index is 2.19. The molecule has 1 aliphatic heterocycles. The summed E-state index contributed by atoms with van der Waals surface area (Å²) in [5.74, 6) is -0.713. The second-order valence-electron chi connectivity index (χ2n) is 5.53. The van der Waals surface area contributed by atoms with Gasteiger partial charge in [0.05, 0.1) is 6.04 Å². The minimum Gasteiger partial charge on any atom is -0.376 e. The molecule has 0 saturated carbocycles. The van der Waals surface area contributed by atoms with Gasteiger partial charge in [-0.1, -0.05) is 18.2 Å². The van der Waals surface area contributed by atoms with E-state index in [1.807, 2.05) is 0 Å². The van der Waals surface area contributed by atoms with E-state index in [1.54, 1.807) is 6.08 Å². The average molecular weight is 363 g/mol. The first-order valence-electron chi connectivity index (χ1n) is 7.07. The zero-order chi connectivity index (χ0) is 18.1. The van der Waals surface area contributed by atoms with Gasteiger partial charge in [0.2, 0.25) is 5.91 Å².